The fourth-order valence-electron chi connectivity index (χ4n) is 5.09. The lowest BCUT2D eigenvalue weighted by molar-refractivity contribution is 0.0563. The van der Waals surface area contributed by atoms with Gasteiger partial charge in [-0.15, -0.1) is 0 Å². The molecule has 35 heavy (non-hydrogen) atoms. The van der Waals surface area contributed by atoms with Crippen molar-refractivity contribution in [1.29, 1.82) is 0 Å². The van der Waals surface area contributed by atoms with E-state index < -0.39 is 15.6 Å². The number of carbonyl (C=O) groups is 1. The second-order valence-electron chi connectivity index (χ2n) is 9.33. The number of amides is 1. The summed E-state index contributed by atoms with van der Waals surface area (Å²) in [7, 11) is -3.81. The van der Waals surface area contributed by atoms with E-state index in [4.69, 9.17) is 16.1 Å². The van der Waals surface area contributed by atoms with Crippen LogP contribution in [0.15, 0.2) is 52.1 Å². The fraction of sp³-hybridized carbons (Fsp3) is 0.417. The van der Waals surface area contributed by atoms with Crippen LogP contribution in [0, 0.1) is 12.3 Å². The SMILES string of the molecule is Cc1cccc(Cl)c1S(=O)(=O)Cc1noc(C(=O)N2CCC3(CC2)CCN(c2ccncc2)C3)n1. The van der Waals surface area contributed by atoms with Crippen molar-refractivity contribution in [3.8, 4) is 0 Å². The lowest BCUT2D eigenvalue weighted by Crippen LogP contribution is -2.44. The van der Waals surface area contributed by atoms with Crippen LogP contribution in [0.2, 0.25) is 5.02 Å². The number of pyridine rings is 1. The third-order valence-electron chi connectivity index (χ3n) is 7.02. The van der Waals surface area contributed by atoms with Crippen LogP contribution in [0.4, 0.5) is 5.69 Å². The summed E-state index contributed by atoms with van der Waals surface area (Å²) in [5, 5.41) is 3.89. The summed E-state index contributed by atoms with van der Waals surface area (Å²) in [4.78, 5) is 25.3. The molecule has 11 heteroatoms. The fourth-order valence-corrected chi connectivity index (χ4v) is 7.19. The highest BCUT2D eigenvalue weighted by Gasteiger charge is 2.42. The molecule has 2 fully saturated rings. The molecular weight excluding hydrogens is 490 g/mol. The Morgan fingerprint density at radius 2 is 1.83 bits per heavy atom. The molecule has 0 unspecified atom stereocenters. The number of nitrogens with zero attached hydrogens (tertiary/aromatic N) is 5. The highest BCUT2D eigenvalue weighted by Crippen LogP contribution is 2.42. The van der Waals surface area contributed by atoms with Crippen LogP contribution in [0.3, 0.4) is 0 Å². The molecule has 9 nitrogen and oxygen atoms in total. The summed E-state index contributed by atoms with van der Waals surface area (Å²) in [6.07, 6.45) is 6.48. The summed E-state index contributed by atoms with van der Waals surface area (Å²) in [5.41, 5.74) is 1.89. The van der Waals surface area contributed by atoms with Crippen molar-refractivity contribution in [1.82, 2.24) is 20.0 Å². The van der Waals surface area contributed by atoms with Gasteiger partial charge in [-0.25, -0.2) is 8.42 Å². The van der Waals surface area contributed by atoms with Gasteiger partial charge in [-0.1, -0.05) is 28.9 Å². The van der Waals surface area contributed by atoms with Gasteiger partial charge in [0.15, 0.2) is 15.7 Å². The second kappa shape index (κ2) is 9.23. The molecule has 2 aromatic heterocycles. The van der Waals surface area contributed by atoms with Crippen LogP contribution in [0.5, 0.6) is 0 Å². The third kappa shape index (κ3) is 4.77. The maximum Gasteiger partial charge on any atom is 0.316 e. The van der Waals surface area contributed by atoms with E-state index in [9.17, 15) is 13.2 Å². The Morgan fingerprint density at radius 1 is 1.11 bits per heavy atom. The zero-order chi connectivity index (χ0) is 24.6. The summed E-state index contributed by atoms with van der Waals surface area (Å²) in [6, 6.07) is 8.94. The van der Waals surface area contributed by atoms with Crippen LogP contribution in [0.25, 0.3) is 0 Å². The Hall–Kier alpha value is -2.98. The van der Waals surface area contributed by atoms with E-state index in [1.54, 1.807) is 36.4 Å². The number of aryl methyl sites for hydroxylation is 1. The highest BCUT2D eigenvalue weighted by atomic mass is 35.5. The minimum absolute atomic E-state index is 0.0399. The van der Waals surface area contributed by atoms with Gasteiger partial charge in [-0.3, -0.25) is 9.78 Å². The van der Waals surface area contributed by atoms with Crippen LogP contribution in [0.1, 0.15) is 41.3 Å². The van der Waals surface area contributed by atoms with Gasteiger partial charge in [0.25, 0.3) is 0 Å². The van der Waals surface area contributed by atoms with Crippen LogP contribution in [-0.4, -0.2) is 60.5 Å². The van der Waals surface area contributed by atoms with Crippen LogP contribution in [-0.2, 0) is 15.6 Å². The van der Waals surface area contributed by atoms with Gasteiger partial charge in [0.05, 0.1) is 9.92 Å². The van der Waals surface area contributed by atoms with E-state index in [-0.39, 0.29) is 33.0 Å². The Bertz CT molecular complexity index is 1320. The van der Waals surface area contributed by atoms with E-state index in [1.165, 1.54) is 11.8 Å². The smallest absolute Gasteiger partial charge is 0.316 e. The first-order valence-corrected chi connectivity index (χ1v) is 13.5. The molecular formula is C24H26ClN5O4S. The average molecular weight is 516 g/mol. The molecule has 2 saturated heterocycles. The topological polar surface area (TPSA) is 110 Å². The summed E-state index contributed by atoms with van der Waals surface area (Å²) >= 11 is 6.12. The number of carbonyl (C=O) groups excluding carboxylic acids is 1. The molecule has 2 aliphatic rings. The van der Waals surface area contributed by atoms with Crippen molar-refractivity contribution >= 4 is 33.0 Å². The first-order valence-electron chi connectivity index (χ1n) is 11.5. The largest absolute Gasteiger partial charge is 0.371 e. The normalized spacial score (nSPS) is 17.8. The van der Waals surface area contributed by atoms with Gasteiger partial charge in [0, 0.05) is 44.3 Å². The molecule has 184 valence electrons. The Labute approximate surface area is 209 Å². The minimum atomic E-state index is -3.81. The molecule has 5 rings (SSSR count). The Kier molecular flexibility index (Phi) is 6.27. The number of hydrogen-bond acceptors (Lipinski definition) is 8. The molecule has 0 radical (unpaired) electrons. The number of hydrogen-bond donors (Lipinski definition) is 0. The van der Waals surface area contributed by atoms with Crippen molar-refractivity contribution in [2.75, 3.05) is 31.1 Å². The summed E-state index contributed by atoms with van der Waals surface area (Å²) in [6.45, 7) is 4.82. The number of sulfone groups is 1. The van der Waals surface area contributed by atoms with Crippen molar-refractivity contribution in [3.05, 3.63) is 65.0 Å². The first kappa shape index (κ1) is 23.7. The molecule has 3 aromatic rings. The zero-order valence-corrected chi connectivity index (χ0v) is 20.9. The van der Waals surface area contributed by atoms with Crippen molar-refractivity contribution in [2.45, 2.75) is 36.8 Å². The van der Waals surface area contributed by atoms with Crippen LogP contribution < -0.4 is 4.90 Å². The Morgan fingerprint density at radius 3 is 2.54 bits per heavy atom. The lowest BCUT2D eigenvalue weighted by Gasteiger charge is -2.38. The monoisotopic (exact) mass is 515 g/mol. The molecule has 0 atom stereocenters. The van der Waals surface area contributed by atoms with Crippen molar-refractivity contribution in [2.24, 2.45) is 5.41 Å². The maximum absolute atomic E-state index is 13.0. The van der Waals surface area contributed by atoms with Crippen molar-refractivity contribution in [3.63, 3.8) is 0 Å². The lowest BCUT2D eigenvalue weighted by atomic mass is 9.78. The number of rotatable bonds is 5. The Balaban J connectivity index is 1.22. The van der Waals surface area contributed by atoms with E-state index >= 15 is 0 Å². The van der Waals surface area contributed by atoms with Gasteiger partial charge in [0.1, 0.15) is 5.75 Å². The van der Waals surface area contributed by atoms with E-state index in [2.05, 4.69) is 20.0 Å². The second-order valence-corrected chi connectivity index (χ2v) is 11.7. The molecule has 0 aliphatic carbocycles. The van der Waals surface area contributed by atoms with Gasteiger partial charge in [-0.2, -0.15) is 4.98 Å². The zero-order valence-electron chi connectivity index (χ0n) is 19.4. The quantitative estimate of drug-likeness (QED) is 0.507. The summed E-state index contributed by atoms with van der Waals surface area (Å²) < 4.78 is 30.9. The minimum Gasteiger partial charge on any atom is -0.371 e. The standard InChI is InChI=1S/C24H26ClN5O4S/c1-17-3-2-4-19(25)21(17)35(32,33)15-20-27-22(34-28-20)23(31)29-12-7-24(8-13-29)9-14-30(16-24)18-5-10-26-11-6-18/h2-6,10-11H,7-9,12-16H2,1H3. The summed E-state index contributed by atoms with van der Waals surface area (Å²) in [5.74, 6) is -1.12. The average Bonchev–Trinajstić information content (AvgIpc) is 3.47. The number of benzene rings is 1. The number of piperidine rings is 1. The third-order valence-corrected chi connectivity index (χ3v) is 9.25. The number of anilines is 1. The van der Waals surface area contributed by atoms with E-state index in [1.807, 2.05) is 12.1 Å². The van der Waals surface area contributed by atoms with Gasteiger partial charge in [-0.05, 0) is 55.4 Å². The van der Waals surface area contributed by atoms with E-state index in [0.717, 1.165) is 32.4 Å². The number of aromatic nitrogens is 3. The molecule has 0 bridgehead atoms. The van der Waals surface area contributed by atoms with Crippen molar-refractivity contribution < 1.29 is 17.7 Å². The van der Waals surface area contributed by atoms with Crippen LogP contribution >= 0.6 is 11.6 Å². The molecule has 1 amide bonds. The van der Waals surface area contributed by atoms with E-state index in [0.29, 0.717) is 18.7 Å². The first-order chi connectivity index (χ1) is 16.8. The van der Waals surface area contributed by atoms with Gasteiger partial charge >= 0.3 is 11.8 Å². The van der Waals surface area contributed by atoms with Gasteiger partial charge < -0.3 is 14.3 Å². The predicted octanol–water partition coefficient (Wildman–Crippen LogP) is 3.53. The highest BCUT2D eigenvalue weighted by molar-refractivity contribution is 7.90. The molecule has 1 aromatic carbocycles. The molecule has 4 heterocycles. The molecule has 2 aliphatic heterocycles. The predicted molar refractivity (Wildman–Crippen MR) is 130 cm³/mol. The molecule has 1 spiro atoms. The number of halogens is 1. The maximum atomic E-state index is 13.0. The van der Waals surface area contributed by atoms with Gasteiger partial charge in [0.2, 0.25) is 0 Å². The molecule has 0 N–H and O–H groups in total. The number of likely N-dealkylation sites (tertiary alicyclic amines) is 1. The molecule has 0 saturated carbocycles.